The van der Waals surface area contributed by atoms with E-state index in [-0.39, 0.29) is 11.5 Å². The topological polar surface area (TPSA) is 97.5 Å². The van der Waals surface area contributed by atoms with Gasteiger partial charge in [-0.1, -0.05) is 0 Å². The molecule has 0 bridgehead atoms. The van der Waals surface area contributed by atoms with E-state index >= 15 is 0 Å². The van der Waals surface area contributed by atoms with Crippen LogP contribution in [-0.4, -0.2) is 24.0 Å². The number of nitrogens with zero attached hydrogens (tertiary/aromatic N) is 1. The number of benzene rings is 1. The van der Waals surface area contributed by atoms with Crippen LogP contribution in [0.2, 0.25) is 0 Å². The lowest BCUT2D eigenvalue weighted by Gasteiger charge is -2.22. The number of nitro benzene ring substituents is 1. The molecule has 2 N–H and O–H groups in total. The van der Waals surface area contributed by atoms with Crippen LogP contribution < -0.4 is 5.32 Å². The van der Waals surface area contributed by atoms with Gasteiger partial charge < -0.3 is 14.8 Å². The second kappa shape index (κ2) is 3.25. The summed E-state index contributed by atoms with van der Waals surface area (Å²) in [6.45, 7) is 0.783. The summed E-state index contributed by atoms with van der Waals surface area (Å²) in [5, 5.41) is 21.3. The number of hydrogen-bond acceptors (Lipinski definition) is 5. The van der Waals surface area contributed by atoms with Crippen molar-refractivity contribution in [2.45, 2.75) is 5.91 Å². The molecule has 1 aromatic carbocycles. The molecule has 88 valence electrons. The van der Waals surface area contributed by atoms with Gasteiger partial charge in [0.2, 0.25) is 0 Å². The van der Waals surface area contributed by atoms with E-state index in [1.54, 1.807) is 0 Å². The van der Waals surface area contributed by atoms with E-state index < -0.39 is 10.8 Å². The number of rotatable bonds is 1. The molecule has 1 aromatic rings. The van der Waals surface area contributed by atoms with Gasteiger partial charge in [0.25, 0.3) is 11.6 Å². The normalized spacial score (nSPS) is 20.4. The number of ether oxygens (including phenoxy) is 2. The monoisotopic (exact) mass is 235 g/mol. The SMILES string of the molecule is N=C1NC2(OCCO2)c2cc([N+](=O)[O-])ccc21. The van der Waals surface area contributed by atoms with Gasteiger partial charge in [-0.2, -0.15) is 0 Å². The summed E-state index contributed by atoms with van der Waals surface area (Å²) in [5.41, 5.74) is 1.02. The molecular weight excluding hydrogens is 226 g/mol. The van der Waals surface area contributed by atoms with Crippen molar-refractivity contribution in [3.8, 4) is 0 Å². The summed E-state index contributed by atoms with van der Waals surface area (Å²) in [6, 6.07) is 4.28. The minimum atomic E-state index is -1.21. The molecule has 2 heterocycles. The predicted molar refractivity (Wildman–Crippen MR) is 56.6 cm³/mol. The highest BCUT2D eigenvalue weighted by atomic mass is 16.8. The Morgan fingerprint density at radius 2 is 2.12 bits per heavy atom. The van der Waals surface area contributed by atoms with Crippen molar-refractivity contribution in [2.75, 3.05) is 13.2 Å². The van der Waals surface area contributed by atoms with Crippen LogP contribution in [-0.2, 0) is 15.4 Å². The molecule has 0 atom stereocenters. The van der Waals surface area contributed by atoms with Crippen LogP contribution in [0.25, 0.3) is 0 Å². The van der Waals surface area contributed by atoms with Gasteiger partial charge in [-0.15, -0.1) is 0 Å². The van der Waals surface area contributed by atoms with E-state index in [9.17, 15) is 10.1 Å². The molecule has 7 nitrogen and oxygen atoms in total. The second-order valence-corrected chi connectivity index (χ2v) is 3.80. The van der Waals surface area contributed by atoms with Crippen LogP contribution >= 0.6 is 0 Å². The number of fused-ring (bicyclic) bond motifs is 2. The van der Waals surface area contributed by atoms with Crippen LogP contribution in [0.3, 0.4) is 0 Å². The minimum absolute atomic E-state index is 0.0428. The maximum atomic E-state index is 10.7. The maximum absolute atomic E-state index is 10.7. The zero-order valence-corrected chi connectivity index (χ0v) is 8.73. The van der Waals surface area contributed by atoms with Gasteiger partial charge in [0.1, 0.15) is 5.84 Å². The first-order valence-corrected chi connectivity index (χ1v) is 5.06. The smallest absolute Gasteiger partial charge is 0.280 e. The van der Waals surface area contributed by atoms with Gasteiger partial charge in [-0.05, 0) is 6.07 Å². The Kier molecular flexibility index (Phi) is 1.95. The Morgan fingerprint density at radius 3 is 2.76 bits per heavy atom. The van der Waals surface area contributed by atoms with Crippen LogP contribution in [0.4, 0.5) is 5.69 Å². The van der Waals surface area contributed by atoms with Gasteiger partial charge >= 0.3 is 0 Å². The highest BCUT2D eigenvalue weighted by Crippen LogP contribution is 2.37. The summed E-state index contributed by atoms with van der Waals surface area (Å²) in [7, 11) is 0. The highest BCUT2D eigenvalue weighted by molar-refractivity contribution is 6.01. The molecule has 0 aliphatic carbocycles. The average Bonchev–Trinajstić information content (AvgIpc) is 2.87. The number of non-ortho nitro benzene ring substituents is 1. The molecule has 1 fully saturated rings. The lowest BCUT2D eigenvalue weighted by molar-refractivity contribution is -0.385. The molecule has 17 heavy (non-hydrogen) atoms. The van der Waals surface area contributed by atoms with Gasteiger partial charge in [0.05, 0.1) is 23.7 Å². The first-order valence-electron chi connectivity index (χ1n) is 5.06. The molecular formula is C10H9N3O4. The van der Waals surface area contributed by atoms with E-state index in [0.717, 1.165) is 0 Å². The van der Waals surface area contributed by atoms with Crippen molar-refractivity contribution in [2.24, 2.45) is 0 Å². The molecule has 7 heteroatoms. The van der Waals surface area contributed by atoms with Gasteiger partial charge in [-0.3, -0.25) is 15.5 Å². The van der Waals surface area contributed by atoms with E-state index in [0.29, 0.717) is 24.3 Å². The molecule has 0 aromatic heterocycles. The quantitative estimate of drug-likeness (QED) is 0.551. The summed E-state index contributed by atoms with van der Waals surface area (Å²) < 4.78 is 10.9. The Hall–Kier alpha value is -1.99. The summed E-state index contributed by atoms with van der Waals surface area (Å²) in [4.78, 5) is 10.3. The van der Waals surface area contributed by atoms with Crippen molar-refractivity contribution in [3.05, 3.63) is 39.4 Å². The first kappa shape index (κ1) is 10.2. The summed E-state index contributed by atoms with van der Waals surface area (Å²) >= 11 is 0. The summed E-state index contributed by atoms with van der Waals surface area (Å²) in [6.07, 6.45) is 0. The number of nitro groups is 1. The molecule has 1 saturated heterocycles. The molecule has 2 aliphatic heterocycles. The predicted octanol–water partition coefficient (Wildman–Crippen LogP) is 0.680. The third kappa shape index (κ3) is 1.33. The van der Waals surface area contributed by atoms with E-state index in [1.807, 2.05) is 0 Å². The Bertz CT molecular complexity index is 522. The fourth-order valence-electron chi connectivity index (χ4n) is 2.08. The lowest BCUT2D eigenvalue weighted by Crippen LogP contribution is -2.40. The van der Waals surface area contributed by atoms with Crippen LogP contribution in [0.5, 0.6) is 0 Å². The van der Waals surface area contributed by atoms with Gasteiger partial charge in [-0.25, -0.2) is 0 Å². The number of hydrogen-bond donors (Lipinski definition) is 2. The zero-order chi connectivity index (χ0) is 12.0. The van der Waals surface area contributed by atoms with Crippen LogP contribution in [0.15, 0.2) is 18.2 Å². The third-order valence-corrected chi connectivity index (χ3v) is 2.82. The average molecular weight is 235 g/mol. The van der Waals surface area contributed by atoms with Crippen molar-refractivity contribution in [1.29, 1.82) is 5.41 Å². The molecule has 3 rings (SSSR count). The maximum Gasteiger partial charge on any atom is 0.280 e. The van der Waals surface area contributed by atoms with E-state index in [2.05, 4.69) is 5.32 Å². The zero-order valence-electron chi connectivity index (χ0n) is 8.73. The van der Waals surface area contributed by atoms with Crippen LogP contribution in [0, 0.1) is 15.5 Å². The van der Waals surface area contributed by atoms with Gasteiger partial charge in [0, 0.05) is 17.7 Å². The van der Waals surface area contributed by atoms with Crippen molar-refractivity contribution in [3.63, 3.8) is 0 Å². The lowest BCUT2D eigenvalue weighted by atomic mass is 10.1. The Balaban J connectivity index is 2.16. The fourth-order valence-corrected chi connectivity index (χ4v) is 2.08. The van der Waals surface area contributed by atoms with Crippen LogP contribution in [0.1, 0.15) is 11.1 Å². The van der Waals surface area contributed by atoms with E-state index in [1.165, 1.54) is 18.2 Å². The molecule has 0 unspecified atom stereocenters. The standard InChI is InChI=1S/C10H9N3O4/c11-9-7-2-1-6(13(14)15)5-8(7)10(12-9)16-3-4-17-10/h1-2,5H,3-4H2,(H2,11,12). The molecule has 0 saturated carbocycles. The van der Waals surface area contributed by atoms with E-state index in [4.69, 9.17) is 14.9 Å². The second-order valence-electron chi connectivity index (χ2n) is 3.80. The van der Waals surface area contributed by atoms with Crippen molar-refractivity contribution < 1.29 is 14.4 Å². The minimum Gasteiger partial charge on any atom is -0.327 e. The fraction of sp³-hybridized carbons (Fsp3) is 0.300. The number of amidine groups is 1. The molecule has 1 spiro atoms. The number of nitrogens with one attached hydrogen (secondary N) is 2. The van der Waals surface area contributed by atoms with Crippen molar-refractivity contribution >= 4 is 11.5 Å². The molecule has 2 aliphatic rings. The third-order valence-electron chi connectivity index (χ3n) is 2.82. The van der Waals surface area contributed by atoms with Crippen molar-refractivity contribution in [1.82, 2.24) is 5.32 Å². The first-order chi connectivity index (χ1) is 8.12. The Morgan fingerprint density at radius 1 is 1.41 bits per heavy atom. The largest absolute Gasteiger partial charge is 0.327 e. The van der Waals surface area contributed by atoms with Gasteiger partial charge in [0.15, 0.2) is 0 Å². The molecule has 0 radical (unpaired) electrons. The Labute approximate surface area is 96.0 Å². The summed E-state index contributed by atoms with van der Waals surface area (Å²) in [5.74, 6) is -1.06. The molecule has 0 amide bonds. The highest BCUT2D eigenvalue weighted by Gasteiger charge is 2.47.